The van der Waals surface area contributed by atoms with E-state index >= 15 is 0 Å². The Morgan fingerprint density at radius 1 is 1.43 bits per heavy atom. The first-order valence-electron chi connectivity index (χ1n) is 5.30. The predicted molar refractivity (Wildman–Crippen MR) is 59.0 cm³/mol. The minimum Gasteiger partial charge on any atom is -0.364 e. The molecule has 0 bridgehead atoms. The van der Waals surface area contributed by atoms with Gasteiger partial charge in [0.05, 0.1) is 0 Å². The maximum Gasteiger partial charge on any atom is 0.0382 e. The van der Waals surface area contributed by atoms with Gasteiger partial charge in [-0.25, -0.2) is 0 Å². The summed E-state index contributed by atoms with van der Waals surface area (Å²) in [5.41, 5.74) is 1.30. The standard InChI is InChI=1S/C12H18N2/c1-14(9-11-5-2-3-6-11)10-12-7-4-8-13-12/h2-4,7-8,11,13H,5-6,9-10H2,1H3. The maximum absolute atomic E-state index is 3.24. The Morgan fingerprint density at radius 3 is 2.86 bits per heavy atom. The van der Waals surface area contributed by atoms with Gasteiger partial charge in [0, 0.05) is 25.0 Å². The lowest BCUT2D eigenvalue weighted by Crippen LogP contribution is -2.24. The number of aromatic nitrogens is 1. The summed E-state index contributed by atoms with van der Waals surface area (Å²) in [4.78, 5) is 5.63. The van der Waals surface area contributed by atoms with Crippen molar-refractivity contribution < 1.29 is 0 Å². The average molecular weight is 190 g/mol. The second kappa shape index (κ2) is 4.47. The summed E-state index contributed by atoms with van der Waals surface area (Å²) < 4.78 is 0. The number of aromatic amines is 1. The lowest BCUT2D eigenvalue weighted by molar-refractivity contribution is 0.272. The Kier molecular flexibility index (Phi) is 3.04. The van der Waals surface area contributed by atoms with Crippen molar-refractivity contribution in [2.45, 2.75) is 19.4 Å². The molecule has 76 valence electrons. The third-order valence-corrected chi connectivity index (χ3v) is 2.78. The van der Waals surface area contributed by atoms with Crippen LogP contribution in [0.4, 0.5) is 0 Å². The van der Waals surface area contributed by atoms with Gasteiger partial charge >= 0.3 is 0 Å². The van der Waals surface area contributed by atoms with Crippen molar-refractivity contribution in [2.24, 2.45) is 5.92 Å². The zero-order valence-corrected chi connectivity index (χ0v) is 8.74. The number of hydrogen-bond donors (Lipinski definition) is 1. The zero-order valence-electron chi connectivity index (χ0n) is 8.74. The second-order valence-corrected chi connectivity index (χ2v) is 4.20. The van der Waals surface area contributed by atoms with E-state index in [1.165, 1.54) is 25.1 Å². The van der Waals surface area contributed by atoms with Gasteiger partial charge in [-0.15, -0.1) is 0 Å². The van der Waals surface area contributed by atoms with Crippen molar-refractivity contribution in [3.05, 3.63) is 36.2 Å². The van der Waals surface area contributed by atoms with E-state index in [4.69, 9.17) is 0 Å². The smallest absolute Gasteiger partial charge is 0.0382 e. The van der Waals surface area contributed by atoms with E-state index in [2.05, 4.69) is 41.2 Å². The molecule has 0 saturated heterocycles. The van der Waals surface area contributed by atoms with Crippen LogP contribution in [-0.4, -0.2) is 23.5 Å². The van der Waals surface area contributed by atoms with Crippen molar-refractivity contribution in [3.63, 3.8) is 0 Å². The molecule has 1 N–H and O–H groups in total. The van der Waals surface area contributed by atoms with E-state index in [-0.39, 0.29) is 0 Å². The van der Waals surface area contributed by atoms with Crippen LogP contribution in [0, 0.1) is 5.92 Å². The molecule has 1 aliphatic rings. The van der Waals surface area contributed by atoms with Gasteiger partial charge in [-0.3, -0.25) is 0 Å². The number of H-pyrrole nitrogens is 1. The van der Waals surface area contributed by atoms with Crippen LogP contribution in [0.5, 0.6) is 0 Å². The SMILES string of the molecule is CN(Cc1ccc[nH]1)CC1CC=CC1. The van der Waals surface area contributed by atoms with Gasteiger partial charge in [0.15, 0.2) is 0 Å². The number of rotatable bonds is 4. The van der Waals surface area contributed by atoms with Crippen LogP contribution in [0.3, 0.4) is 0 Å². The summed E-state index contributed by atoms with van der Waals surface area (Å²) in [6, 6.07) is 4.20. The Hall–Kier alpha value is -1.02. The van der Waals surface area contributed by atoms with Crippen LogP contribution in [0.15, 0.2) is 30.5 Å². The minimum atomic E-state index is 0.843. The summed E-state index contributed by atoms with van der Waals surface area (Å²) in [6.45, 7) is 2.23. The van der Waals surface area contributed by atoms with E-state index in [1.54, 1.807) is 0 Å². The first kappa shape index (κ1) is 9.53. The molecule has 1 aliphatic carbocycles. The Labute approximate surface area is 85.6 Å². The van der Waals surface area contributed by atoms with E-state index in [0.29, 0.717) is 0 Å². The Morgan fingerprint density at radius 2 is 2.21 bits per heavy atom. The quantitative estimate of drug-likeness (QED) is 0.722. The fraction of sp³-hybridized carbons (Fsp3) is 0.500. The molecular weight excluding hydrogens is 172 g/mol. The summed E-state index contributed by atoms with van der Waals surface area (Å²) in [5, 5.41) is 0. The fourth-order valence-corrected chi connectivity index (χ4v) is 2.08. The molecule has 0 fully saturated rings. The molecule has 14 heavy (non-hydrogen) atoms. The molecule has 2 nitrogen and oxygen atoms in total. The molecule has 2 heteroatoms. The number of hydrogen-bond acceptors (Lipinski definition) is 1. The molecule has 1 aromatic rings. The zero-order chi connectivity index (χ0) is 9.80. The van der Waals surface area contributed by atoms with Crippen molar-refractivity contribution in [1.82, 2.24) is 9.88 Å². The second-order valence-electron chi connectivity index (χ2n) is 4.20. The topological polar surface area (TPSA) is 19.0 Å². The lowest BCUT2D eigenvalue weighted by atomic mass is 10.1. The highest BCUT2D eigenvalue weighted by atomic mass is 15.1. The van der Waals surface area contributed by atoms with Crippen molar-refractivity contribution in [3.8, 4) is 0 Å². The first-order valence-corrected chi connectivity index (χ1v) is 5.30. The molecule has 0 saturated carbocycles. The van der Waals surface area contributed by atoms with E-state index < -0.39 is 0 Å². The fourth-order valence-electron chi connectivity index (χ4n) is 2.08. The highest BCUT2D eigenvalue weighted by Gasteiger charge is 2.12. The van der Waals surface area contributed by atoms with Crippen LogP contribution in [0.1, 0.15) is 18.5 Å². The summed E-state index contributed by atoms with van der Waals surface area (Å²) >= 11 is 0. The summed E-state index contributed by atoms with van der Waals surface area (Å²) in [6.07, 6.45) is 9.10. The van der Waals surface area contributed by atoms with E-state index in [1.807, 2.05) is 6.20 Å². The van der Waals surface area contributed by atoms with Crippen LogP contribution >= 0.6 is 0 Å². The average Bonchev–Trinajstić information content (AvgIpc) is 2.76. The van der Waals surface area contributed by atoms with Gasteiger partial charge in [0.2, 0.25) is 0 Å². The molecule has 0 atom stereocenters. The molecule has 0 radical (unpaired) electrons. The van der Waals surface area contributed by atoms with E-state index in [0.717, 1.165) is 12.5 Å². The number of nitrogens with one attached hydrogen (secondary N) is 1. The maximum atomic E-state index is 3.24. The number of nitrogens with zero attached hydrogens (tertiary/aromatic N) is 1. The molecule has 0 spiro atoms. The summed E-state index contributed by atoms with van der Waals surface area (Å²) in [7, 11) is 2.19. The molecular formula is C12H18N2. The monoisotopic (exact) mass is 190 g/mol. The molecule has 0 aliphatic heterocycles. The highest BCUT2D eigenvalue weighted by molar-refractivity contribution is 5.03. The molecule has 1 aromatic heterocycles. The van der Waals surface area contributed by atoms with Gasteiger partial charge in [-0.1, -0.05) is 12.2 Å². The lowest BCUT2D eigenvalue weighted by Gasteiger charge is -2.19. The van der Waals surface area contributed by atoms with Gasteiger partial charge in [0.25, 0.3) is 0 Å². The van der Waals surface area contributed by atoms with Gasteiger partial charge < -0.3 is 9.88 Å². The van der Waals surface area contributed by atoms with Crippen LogP contribution in [0.2, 0.25) is 0 Å². The highest BCUT2D eigenvalue weighted by Crippen LogP contribution is 2.18. The van der Waals surface area contributed by atoms with E-state index in [9.17, 15) is 0 Å². The molecule has 0 unspecified atom stereocenters. The van der Waals surface area contributed by atoms with Crippen molar-refractivity contribution >= 4 is 0 Å². The third kappa shape index (κ3) is 2.48. The number of allylic oxidation sites excluding steroid dienone is 2. The van der Waals surface area contributed by atoms with Crippen LogP contribution in [-0.2, 0) is 6.54 Å². The summed E-state index contributed by atoms with van der Waals surface area (Å²) in [5.74, 6) is 0.843. The Bertz CT molecular complexity index is 279. The van der Waals surface area contributed by atoms with Gasteiger partial charge in [-0.05, 0) is 37.9 Å². The molecule has 1 heterocycles. The Balaban J connectivity index is 1.76. The first-order chi connectivity index (χ1) is 6.84. The third-order valence-electron chi connectivity index (χ3n) is 2.78. The molecule has 2 rings (SSSR count). The molecule has 0 amide bonds. The predicted octanol–water partition coefficient (Wildman–Crippen LogP) is 2.41. The van der Waals surface area contributed by atoms with Crippen LogP contribution < -0.4 is 0 Å². The molecule has 0 aromatic carbocycles. The normalized spacial score (nSPS) is 17.0. The van der Waals surface area contributed by atoms with Gasteiger partial charge in [-0.2, -0.15) is 0 Å². The van der Waals surface area contributed by atoms with Crippen LogP contribution in [0.25, 0.3) is 0 Å². The largest absolute Gasteiger partial charge is 0.364 e. The van der Waals surface area contributed by atoms with Crippen molar-refractivity contribution in [1.29, 1.82) is 0 Å². The van der Waals surface area contributed by atoms with Gasteiger partial charge in [0.1, 0.15) is 0 Å². The minimum absolute atomic E-state index is 0.843. The van der Waals surface area contributed by atoms with Crippen molar-refractivity contribution in [2.75, 3.05) is 13.6 Å².